The van der Waals surface area contributed by atoms with Gasteiger partial charge in [-0.1, -0.05) is 13.8 Å². The molecule has 1 aromatic heterocycles. The molecule has 1 rings (SSSR count). The van der Waals surface area contributed by atoms with E-state index >= 15 is 0 Å². The van der Waals surface area contributed by atoms with E-state index in [1.165, 1.54) is 5.56 Å². The normalized spacial score (nSPS) is 11.6. The van der Waals surface area contributed by atoms with Gasteiger partial charge in [-0.05, 0) is 42.5 Å². The standard InChI is InChI=1S/C14H27N3S/c1-4-17(5-2)10-8-15-7-9-16(3)12-14-6-11-18-13-14/h6,11,13,15H,4-5,7-10,12H2,1-3H3. The highest BCUT2D eigenvalue weighted by Gasteiger charge is 2.01. The fourth-order valence-electron chi connectivity index (χ4n) is 1.95. The number of hydrogen-bond donors (Lipinski definition) is 1. The number of nitrogens with one attached hydrogen (secondary N) is 1. The smallest absolute Gasteiger partial charge is 0.0239 e. The fraction of sp³-hybridized carbons (Fsp3) is 0.714. The summed E-state index contributed by atoms with van der Waals surface area (Å²) in [5.74, 6) is 0. The van der Waals surface area contributed by atoms with Crippen molar-refractivity contribution in [3.8, 4) is 0 Å². The van der Waals surface area contributed by atoms with Gasteiger partial charge in [-0.2, -0.15) is 11.3 Å². The minimum absolute atomic E-state index is 1.06. The molecule has 1 heterocycles. The van der Waals surface area contributed by atoms with Crippen LogP contribution in [0.1, 0.15) is 19.4 Å². The van der Waals surface area contributed by atoms with Gasteiger partial charge in [0.2, 0.25) is 0 Å². The molecule has 0 aromatic carbocycles. The Labute approximate surface area is 116 Å². The van der Waals surface area contributed by atoms with Crippen LogP contribution in [-0.2, 0) is 6.54 Å². The average molecular weight is 269 g/mol. The number of nitrogens with zero attached hydrogens (tertiary/aromatic N) is 2. The van der Waals surface area contributed by atoms with Gasteiger partial charge in [-0.25, -0.2) is 0 Å². The van der Waals surface area contributed by atoms with Gasteiger partial charge in [-0.15, -0.1) is 0 Å². The van der Waals surface area contributed by atoms with Gasteiger partial charge < -0.3 is 15.1 Å². The lowest BCUT2D eigenvalue weighted by Gasteiger charge is -2.19. The predicted molar refractivity (Wildman–Crippen MR) is 81.3 cm³/mol. The van der Waals surface area contributed by atoms with Crippen molar-refractivity contribution in [2.45, 2.75) is 20.4 Å². The second-order valence-corrected chi connectivity index (χ2v) is 5.43. The minimum atomic E-state index is 1.06. The second kappa shape index (κ2) is 9.50. The van der Waals surface area contributed by atoms with E-state index in [2.05, 4.69) is 52.8 Å². The first-order valence-corrected chi connectivity index (χ1v) is 7.83. The number of rotatable bonds is 10. The average Bonchev–Trinajstić information content (AvgIpc) is 2.86. The summed E-state index contributed by atoms with van der Waals surface area (Å²) in [6.07, 6.45) is 0. The molecule has 0 aliphatic heterocycles. The van der Waals surface area contributed by atoms with E-state index in [1.54, 1.807) is 11.3 Å². The Hall–Kier alpha value is -0.420. The van der Waals surface area contributed by atoms with E-state index < -0.39 is 0 Å². The Kier molecular flexibility index (Phi) is 8.25. The molecule has 0 saturated carbocycles. The van der Waals surface area contributed by atoms with Crippen molar-refractivity contribution < 1.29 is 0 Å². The van der Waals surface area contributed by atoms with Crippen LogP contribution in [0.2, 0.25) is 0 Å². The van der Waals surface area contributed by atoms with E-state index in [0.29, 0.717) is 0 Å². The van der Waals surface area contributed by atoms with Crippen LogP contribution >= 0.6 is 11.3 Å². The molecule has 0 aliphatic carbocycles. The zero-order valence-electron chi connectivity index (χ0n) is 12.0. The van der Waals surface area contributed by atoms with Crippen LogP contribution in [-0.4, -0.2) is 56.1 Å². The molecule has 0 fully saturated rings. The largest absolute Gasteiger partial charge is 0.314 e. The molecule has 0 atom stereocenters. The van der Waals surface area contributed by atoms with Gasteiger partial charge in [-0.3, -0.25) is 0 Å². The van der Waals surface area contributed by atoms with Crippen molar-refractivity contribution in [1.29, 1.82) is 0 Å². The van der Waals surface area contributed by atoms with Crippen LogP contribution in [0.25, 0.3) is 0 Å². The monoisotopic (exact) mass is 269 g/mol. The fourth-order valence-corrected chi connectivity index (χ4v) is 2.61. The van der Waals surface area contributed by atoms with Crippen molar-refractivity contribution in [2.75, 3.05) is 46.3 Å². The van der Waals surface area contributed by atoms with Gasteiger partial charge >= 0.3 is 0 Å². The molecule has 0 bridgehead atoms. The summed E-state index contributed by atoms with van der Waals surface area (Å²) in [6, 6.07) is 2.20. The first-order chi connectivity index (χ1) is 8.76. The zero-order valence-corrected chi connectivity index (χ0v) is 12.8. The van der Waals surface area contributed by atoms with Crippen LogP contribution in [0.4, 0.5) is 0 Å². The highest BCUT2D eigenvalue weighted by molar-refractivity contribution is 7.07. The molecule has 1 N–H and O–H groups in total. The van der Waals surface area contributed by atoms with Crippen molar-refractivity contribution in [2.24, 2.45) is 0 Å². The summed E-state index contributed by atoms with van der Waals surface area (Å²) in [6.45, 7) is 12.2. The van der Waals surface area contributed by atoms with E-state index in [-0.39, 0.29) is 0 Å². The summed E-state index contributed by atoms with van der Waals surface area (Å²) in [5.41, 5.74) is 1.42. The van der Waals surface area contributed by atoms with Gasteiger partial charge in [0.1, 0.15) is 0 Å². The summed E-state index contributed by atoms with van der Waals surface area (Å²) in [4.78, 5) is 4.81. The quantitative estimate of drug-likeness (QED) is 0.656. The first-order valence-electron chi connectivity index (χ1n) is 6.89. The third kappa shape index (κ3) is 6.50. The Morgan fingerprint density at radius 1 is 1.17 bits per heavy atom. The van der Waals surface area contributed by atoms with Crippen LogP contribution in [0.15, 0.2) is 16.8 Å². The van der Waals surface area contributed by atoms with Crippen LogP contribution in [0, 0.1) is 0 Å². The highest BCUT2D eigenvalue weighted by atomic mass is 32.1. The molecule has 0 saturated heterocycles. The maximum Gasteiger partial charge on any atom is 0.0239 e. The summed E-state index contributed by atoms with van der Waals surface area (Å²) in [7, 11) is 2.18. The molecule has 18 heavy (non-hydrogen) atoms. The van der Waals surface area contributed by atoms with Crippen LogP contribution < -0.4 is 5.32 Å². The van der Waals surface area contributed by atoms with Crippen LogP contribution in [0.5, 0.6) is 0 Å². The van der Waals surface area contributed by atoms with Crippen molar-refractivity contribution >= 4 is 11.3 Å². The van der Waals surface area contributed by atoms with Gasteiger partial charge in [0.05, 0.1) is 0 Å². The Morgan fingerprint density at radius 3 is 2.50 bits per heavy atom. The topological polar surface area (TPSA) is 18.5 Å². The van der Waals surface area contributed by atoms with Crippen molar-refractivity contribution in [3.63, 3.8) is 0 Å². The van der Waals surface area contributed by atoms with Crippen LogP contribution in [0.3, 0.4) is 0 Å². The SMILES string of the molecule is CCN(CC)CCNCCN(C)Cc1ccsc1. The predicted octanol–water partition coefficient (Wildman–Crippen LogP) is 2.11. The summed E-state index contributed by atoms with van der Waals surface area (Å²) >= 11 is 1.77. The summed E-state index contributed by atoms with van der Waals surface area (Å²) < 4.78 is 0. The molecular formula is C14H27N3S. The second-order valence-electron chi connectivity index (χ2n) is 4.65. The number of likely N-dealkylation sites (N-methyl/N-ethyl adjacent to an activating group) is 2. The lowest BCUT2D eigenvalue weighted by atomic mass is 10.3. The number of hydrogen-bond acceptors (Lipinski definition) is 4. The van der Waals surface area contributed by atoms with E-state index in [1.807, 2.05) is 0 Å². The maximum atomic E-state index is 3.51. The Balaban J connectivity index is 2.00. The van der Waals surface area contributed by atoms with Gasteiger partial charge in [0.15, 0.2) is 0 Å². The molecule has 0 spiro atoms. The highest BCUT2D eigenvalue weighted by Crippen LogP contribution is 2.07. The number of thiophene rings is 1. The molecular weight excluding hydrogens is 242 g/mol. The third-order valence-corrected chi connectivity index (χ3v) is 3.93. The summed E-state index contributed by atoms with van der Waals surface area (Å²) in [5, 5.41) is 7.89. The molecule has 0 unspecified atom stereocenters. The zero-order chi connectivity index (χ0) is 13.2. The lowest BCUT2D eigenvalue weighted by molar-refractivity contribution is 0.291. The molecule has 0 aliphatic rings. The van der Waals surface area contributed by atoms with Crippen molar-refractivity contribution in [3.05, 3.63) is 22.4 Å². The first kappa shape index (κ1) is 15.6. The van der Waals surface area contributed by atoms with E-state index in [9.17, 15) is 0 Å². The third-order valence-electron chi connectivity index (χ3n) is 3.20. The minimum Gasteiger partial charge on any atom is -0.314 e. The maximum absolute atomic E-state index is 3.51. The van der Waals surface area contributed by atoms with Gasteiger partial charge in [0, 0.05) is 32.7 Å². The molecule has 4 heteroatoms. The molecule has 0 radical (unpaired) electrons. The van der Waals surface area contributed by atoms with E-state index in [0.717, 1.165) is 45.8 Å². The lowest BCUT2D eigenvalue weighted by Crippen LogP contribution is -2.35. The Bertz CT molecular complexity index is 283. The Morgan fingerprint density at radius 2 is 1.89 bits per heavy atom. The molecule has 1 aromatic rings. The molecule has 104 valence electrons. The van der Waals surface area contributed by atoms with E-state index in [4.69, 9.17) is 0 Å². The molecule has 3 nitrogen and oxygen atoms in total. The molecule has 0 amide bonds. The van der Waals surface area contributed by atoms with Crippen molar-refractivity contribution in [1.82, 2.24) is 15.1 Å². The van der Waals surface area contributed by atoms with Gasteiger partial charge in [0.25, 0.3) is 0 Å².